The van der Waals surface area contributed by atoms with Crippen LogP contribution in [-0.4, -0.2) is 99.1 Å². The summed E-state index contributed by atoms with van der Waals surface area (Å²) >= 11 is 3.62. The van der Waals surface area contributed by atoms with E-state index in [0.717, 1.165) is 0 Å². The molecule has 0 unspecified atom stereocenters. The number of likely N-dealkylation sites (N-methyl/N-ethyl adjacent to an activating group) is 1. The SMILES string of the molecule is CC[C@H](C)[C@H](CO)N1C(=O)[C@@H]2[C@H]3C(=O)O[C@@H](c4ccccc4)[C@H](C)N(C)C(=O)CC/C=C\CN(C(C)(C)C)C(=O)[C@@H]1[C@]21C=C(Br)[C@H]3O1. The van der Waals surface area contributed by atoms with Crippen molar-refractivity contribution in [3.8, 4) is 0 Å². The first kappa shape index (κ1) is 35.3. The number of aliphatic hydroxyl groups is 1. The summed E-state index contributed by atoms with van der Waals surface area (Å²) in [6.45, 7) is 11.5. The van der Waals surface area contributed by atoms with E-state index >= 15 is 0 Å². The Bertz CT molecular complexity index is 1440. The van der Waals surface area contributed by atoms with Crippen LogP contribution < -0.4 is 0 Å². The monoisotopic (exact) mass is 713 g/mol. The van der Waals surface area contributed by atoms with Crippen LogP contribution in [0.4, 0.5) is 0 Å². The van der Waals surface area contributed by atoms with Crippen molar-refractivity contribution in [3.05, 3.63) is 58.6 Å². The predicted octanol–water partition coefficient (Wildman–Crippen LogP) is 4.38. The number of ether oxygens (including phenoxy) is 2. The minimum atomic E-state index is -1.45. The number of esters is 1. The third-order valence-electron chi connectivity index (χ3n) is 10.6. The quantitative estimate of drug-likeness (QED) is 0.356. The van der Waals surface area contributed by atoms with Crippen molar-refractivity contribution in [1.29, 1.82) is 0 Å². The van der Waals surface area contributed by atoms with E-state index in [1.807, 2.05) is 84.0 Å². The summed E-state index contributed by atoms with van der Waals surface area (Å²) in [7, 11) is 1.70. The zero-order chi connectivity index (χ0) is 34.4. The van der Waals surface area contributed by atoms with Gasteiger partial charge in [0.05, 0.1) is 24.6 Å². The number of cyclic esters (lactones) is 1. The van der Waals surface area contributed by atoms with Gasteiger partial charge in [-0.3, -0.25) is 19.2 Å². The summed E-state index contributed by atoms with van der Waals surface area (Å²) in [4.78, 5) is 62.3. The molecule has 2 saturated heterocycles. The molecule has 0 saturated carbocycles. The zero-order valence-corrected chi connectivity index (χ0v) is 30.0. The van der Waals surface area contributed by atoms with E-state index in [0.29, 0.717) is 22.9 Å². The van der Waals surface area contributed by atoms with Crippen LogP contribution in [0.25, 0.3) is 0 Å². The Kier molecular flexibility index (Phi) is 10.1. The number of halogens is 1. The van der Waals surface area contributed by atoms with E-state index < -0.39 is 65.2 Å². The van der Waals surface area contributed by atoms with Gasteiger partial charge in [0.2, 0.25) is 17.7 Å². The summed E-state index contributed by atoms with van der Waals surface area (Å²) in [5.74, 6) is -3.74. The number of carbonyl (C=O) groups is 4. The van der Waals surface area contributed by atoms with Gasteiger partial charge in [-0.2, -0.15) is 0 Å². The second kappa shape index (κ2) is 13.5. The van der Waals surface area contributed by atoms with Gasteiger partial charge < -0.3 is 29.3 Å². The van der Waals surface area contributed by atoms with Crippen LogP contribution in [0.3, 0.4) is 0 Å². The molecule has 4 aliphatic heterocycles. The van der Waals surface area contributed by atoms with Gasteiger partial charge >= 0.3 is 5.97 Å². The van der Waals surface area contributed by atoms with Crippen molar-refractivity contribution in [2.75, 3.05) is 20.2 Å². The Morgan fingerprint density at radius 2 is 1.74 bits per heavy atom. The molecule has 3 amide bonds. The third-order valence-corrected chi connectivity index (χ3v) is 11.3. The highest BCUT2D eigenvalue weighted by atomic mass is 79.9. The minimum absolute atomic E-state index is 0.106. The lowest BCUT2D eigenvalue weighted by atomic mass is 9.74. The zero-order valence-electron chi connectivity index (χ0n) is 28.4. The Labute approximate surface area is 286 Å². The maximum Gasteiger partial charge on any atom is 0.313 e. The molecule has 2 fully saturated rings. The summed E-state index contributed by atoms with van der Waals surface area (Å²) < 4.78 is 13.6. The number of aliphatic hydroxyl groups excluding tert-OH is 1. The summed E-state index contributed by atoms with van der Waals surface area (Å²) in [5.41, 5.74) is -1.39. The third kappa shape index (κ3) is 6.08. The van der Waals surface area contributed by atoms with Crippen LogP contribution in [0.1, 0.15) is 72.5 Å². The number of carbonyl (C=O) groups excluding carboxylic acids is 4. The maximum absolute atomic E-state index is 14.9. The summed E-state index contributed by atoms with van der Waals surface area (Å²) in [6, 6.07) is 6.94. The van der Waals surface area contributed by atoms with Gasteiger partial charge in [0, 0.05) is 30.0 Å². The molecule has 0 aliphatic carbocycles. The van der Waals surface area contributed by atoms with E-state index in [2.05, 4.69) is 15.9 Å². The number of rotatable bonds is 5. The molecule has 1 N–H and O–H groups in total. The first-order valence-corrected chi connectivity index (χ1v) is 17.5. The summed E-state index contributed by atoms with van der Waals surface area (Å²) in [6.07, 6.45) is 5.27. The van der Waals surface area contributed by atoms with E-state index in [4.69, 9.17) is 9.47 Å². The van der Waals surface area contributed by atoms with Gasteiger partial charge in [0.25, 0.3) is 0 Å². The molecule has 1 aromatic rings. The van der Waals surface area contributed by atoms with Crippen molar-refractivity contribution >= 4 is 39.6 Å². The number of likely N-dealkylation sites (tertiary alicyclic amines) is 1. The molecule has 0 aromatic heterocycles. The van der Waals surface area contributed by atoms with Gasteiger partial charge in [0.15, 0.2) is 0 Å². The number of hydrogen-bond donors (Lipinski definition) is 1. The number of allylic oxidation sites excluding steroid dienone is 1. The maximum atomic E-state index is 14.9. The molecule has 4 heterocycles. The summed E-state index contributed by atoms with van der Waals surface area (Å²) in [5, 5.41) is 10.7. The number of amides is 3. The van der Waals surface area contributed by atoms with Crippen molar-refractivity contribution < 1.29 is 33.8 Å². The second-order valence-corrected chi connectivity index (χ2v) is 15.3. The smallest absolute Gasteiger partial charge is 0.313 e. The highest BCUT2D eigenvalue weighted by Crippen LogP contribution is 2.60. The molecule has 11 heteroatoms. The van der Waals surface area contributed by atoms with Crippen molar-refractivity contribution in [2.45, 2.75) is 102 Å². The minimum Gasteiger partial charge on any atom is -0.455 e. The van der Waals surface area contributed by atoms with E-state index in [-0.39, 0.29) is 37.3 Å². The first-order valence-electron chi connectivity index (χ1n) is 16.7. The fourth-order valence-corrected chi connectivity index (χ4v) is 8.36. The molecule has 256 valence electrons. The number of nitrogens with zero attached hydrogens (tertiary/aromatic N) is 3. The highest BCUT2D eigenvalue weighted by molar-refractivity contribution is 9.11. The Balaban J connectivity index is 1.68. The average Bonchev–Trinajstić information content (AvgIpc) is 3.63. The van der Waals surface area contributed by atoms with E-state index in [1.165, 1.54) is 4.90 Å². The molecule has 5 bridgehead atoms. The van der Waals surface area contributed by atoms with Crippen LogP contribution in [-0.2, 0) is 28.7 Å². The molecule has 47 heavy (non-hydrogen) atoms. The Morgan fingerprint density at radius 1 is 1.06 bits per heavy atom. The second-order valence-electron chi connectivity index (χ2n) is 14.4. The van der Waals surface area contributed by atoms with Crippen LogP contribution in [0.2, 0.25) is 0 Å². The number of hydrogen-bond acceptors (Lipinski definition) is 7. The molecule has 5 rings (SSSR count). The van der Waals surface area contributed by atoms with Gasteiger partial charge in [-0.25, -0.2) is 0 Å². The Morgan fingerprint density at radius 3 is 2.36 bits per heavy atom. The lowest BCUT2D eigenvalue weighted by Crippen LogP contribution is -2.62. The Hall–Kier alpha value is -3.02. The molecule has 9 atom stereocenters. The van der Waals surface area contributed by atoms with Crippen LogP contribution >= 0.6 is 15.9 Å². The predicted molar refractivity (Wildman–Crippen MR) is 180 cm³/mol. The van der Waals surface area contributed by atoms with E-state index in [9.17, 15) is 24.3 Å². The number of benzene rings is 1. The van der Waals surface area contributed by atoms with Crippen LogP contribution in [0.15, 0.2) is 53.0 Å². The molecule has 4 aliphatic rings. The van der Waals surface area contributed by atoms with Crippen LogP contribution in [0.5, 0.6) is 0 Å². The van der Waals surface area contributed by atoms with Crippen molar-refractivity contribution in [1.82, 2.24) is 14.7 Å². The largest absolute Gasteiger partial charge is 0.455 e. The fourth-order valence-electron chi connectivity index (χ4n) is 7.62. The van der Waals surface area contributed by atoms with Gasteiger partial charge in [-0.05, 0) is 51.7 Å². The van der Waals surface area contributed by atoms with E-state index in [1.54, 1.807) is 22.9 Å². The van der Waals surface area contributed by atoms with Gasteiger partial charge in [-0.1, -0.05) is 78.7 Å². The molecule has 10 nitrogen and oxygen atoms in total. The first-order chi connectivity index (χ1) is 22.2. The molecule has 0 radical (unpaired) electrons. The van der Waals surface area contributed by atoms with Crippen LogP contribution in [0, 0.1) is 17.8 Å². The van der Waals surface area contributed by atoms with Gasteiger partial charge in [-0.15, -0.1) is 0 Å². The fraction of sp³-hybridized carbons (Fsp3) is 0.611. The number of fused-ring (bicyclic) bond motifs is 2. The van der Waals surface area contributed by atoms with Crippen molar-refractivity contribution in [2.24, 2.45) is 17.8 Å². The topological polar surface area (TPSA) is 117 Å². The molecule has 1 aromatic carbocycles. The molecule has 1 spiro atoms. The molecular weight excluding hydrogens is 666 g/mol. The molecular formula is C36H48BrN3O7. The highest BCUT2D eigenvalue weighted by Gasteiger charge is 2.76. The van der Waals surface area contributed by atoms with Gasteiger partial charge in [0.1, 0.15) is 29.8 Å². The average molecular weight is 715 g/mol. The van der Waals surface area contributed by atoms with Crippen molar-refractivity contribution in [3.63, 3.8) is 0 Å². The standard InChI is InChI=1S/C36H48BrN3O7/c1-8-21(2)25(20-41)40-31-33(44)39(35(4,5)6)18-14-10-13-17-26(42)38(7)22(3)29(23-15-11-9-12-16-23)46-34(45)27-28(32(40)43)36(31)19-24(37)30(27)47-36/h9-12,14-16,19,21-22,25,27-31,41H,8,13,17-18,20H2,1-7H3/b14-10-/t21-,22-,25-,27+,28-,29+,30+,31+,36-/m0/s1. The normalized spacial score (nSPS) is 33.9. The lowest BCUT2D eigenvalue weighted by molar-refractivity contribution is -0.165. The lowest BCUT2D eigenvalue weighted by Gasteiger charge is -2.43.